The highest BCUT2D eigenvalue weighted by molar-refractivity contribution is 6.09. The summed E-state index contributed by atoms with van der Waals surface area (Å²) in [5, 5.41) is 30.6. The summed E-state index contributed by atoms with van der Waals surface area (Å²) in [5.74, 6) is -0.358. The molecule has 3 aliphatic rings. The van der Waals surface area contributed by atoms with Gasteiger partial charge in [-0.25, -0.2) is 13.3 Å². The number of amides is 1. The van der Waals surface area contributed by atoms with Gasteiger partial charge in [0.2, 0.25) is 5.82 Å². The third-order valence-corrected chi connectivity index (χ3v) is 8.80. The second-order valence-electron chi connectivity index (χ2n) is 12.2. The lowest BCUT2D eigenvalue weighted by atomic mass is 9.55. The van der Waals surface area contributed by atoms with Crippen LogP contribution in [0.25, 0.3) is 16.9 Å². The molecule has 1 saturated carbocycles. The topological polar surface area (TPSA) is 132 Å². The van der Waals surface area contributed by atoms with E-state index in [2.05, 4.69) is 20.6 Å². The summed E-state index contributed by atoms with van der Waals surface area (Å²) in [6.07, 6.45) is -4.30. The van der Waals surface area contributed by atoms with E-state index in [1.807, 2.05) is 11.0 Å². The second kappa shape index (κ2) is 9.34. The number of carbonyl (C=O) groups is 1. The number of rotatable bonds is 6. The zero-order chi connectivity index (χ0) is 31.2. The molecule has 44 heavy (non-hydrogen) atoms. The van der Waals surface area contributed by atoms with Crippen LogP contribution in [0.4, 0.5) is 39.3 Å². The fourth-order valence-corrected chi connectivity index (χ4v) is 6.36. The molecule has 11 nitrogen and oxygen atoms in total. The fourth-order valence-electron chi connectivity index (χ4n) is 6.36. The zero-order valence-electron chi connectivity index (χ0n) is 23.1. The maximum atomic E-state index is 13.4. The lowest BCUT2D eigenvalue weighted by Crippen LogP contribution is -2.70. The predicted molar refractivity (Wildman–Crippen MR) is 146 cm³/mol. The highest BCUT2D eigenvalue weighted by atomic mass is 19.4. The monoisotopic (exact) mass is 619 g/mol. The van der Waals surface area contributed by atoms with Gasteiger partial charge in [-0.15, -0.1) is 0 Å². The first-order chi connectivity index (χ1) is 20.7. The Morgan fingerprint density at radius 3 is 2.48 bits per heavy atom. The van der Waals surface area contributed by atoms with Crippen molar-refractivity contribution in [1.82, 2.24) is 19.8 Å². The van der Waals surface area contributed by atoms with Crippen LogP contribution in [0.2, 0.25) is 0 Å². The van der Waals surface area contributed by atoms with Gasteiger partial charge in [0.1, 0.15) is 5.60 Å². The van der Waals surface area contributed by atoms with Crippen molar-refractivity contribution in [2.75, 3.05) is 41.3 Å². The Bertz CT molecular complexity index is 1770. The number of aliphatic hydroxyl groups is 2. The Hall–Kier alpha value is -4.31. The van der Waals surface area contributed by atoms with Crippen molar-refractivity contribution in [1.29, 1.82) is 0 Å². The van der Waals surface area contributed by atoms with Gasteiger partial charge in [0.05, 0.1) is 30.4 Å². The Balaban J connectivity index is 1.05. The van der Waals surface area contributed by atoms with Gasteiger partial charge in [-0.2, -0.15) is 23.3 Å². The first-order valence-corrected chi connectivity index (χ1v) is 13.7. The van der Waals surface area contributed by atoms with Crippen molar-refractivity contribution >= 4 is 28.8 Å². The number of aryl methyl sites for hydroxylation is 1. The zero-order valence-corrected chi connectivity index (χ0v) is 23.1. The molecule has 5 heterocycles. The average molecular weight is 620 g/mol. The van der Waals surface area contributed by atoms with Gasteiger partial charge in [-0.05, 0) is 43.5 Å². The van der Waals surface area contributed by atoms with E-state index in [9.17, 15) is 37.0 Å². The Labute approximate surface area is 245 Å². The highest BCUT2D eigenvalue weighted by Gasteiger charge is 2.63. The molecule has 1 aromatic carbocycles. The van der Waals surface area contributed by atoms with Crippen LogP contribution in [-0.2, 0) is 0 Å². The van der Waals surface area contributed by atoms with E-state index >= 15 is 0 Å². The standard InChI is InChI=1S/C28H26F5N7O4/c1-15-2-3-16(21-36-24(44-37-21)39-13-27(43,14-39)28(31,32)33)6-19(15)35-22(41)18-8-34-40-5-4-17(7-20(18)40)38-11-25(12-38)9-26(42,10-25)23(29)30/h2-8,23,42-43H,9-14H2,1H3,(H,35,41). The molecule has 2 aliphatic heterocycles. The molecule has 16 heteroatoms. The number of benzene rings is 1. The Kier molecular flexibility index (Phi) is 6.04. The summed E-state index contributed by atoms with van der Waals surface area (Å²) in [6, 6.07) is 8.46. The number of hydrogen-bond donors (Lipinski definition) is 3. The number of anilines is 3. The van der Waals surface area contributed by atoms with Crippen molar-refractivity contribution in [3.63, 3.8) is 0 Å². The molecule has 3 fully saturated rings. The maximum absolute atomic E-state index is 13.4. The lowest BCUT2D eigenvalue weighted by Gasteiger charge is -2.62. The van der Waals surface area contributed by atoms with E-state index in [1.54, 1.807) is 41.9 Å². The number of aromatic nitrogens is 4. The minimum absolute atomic E-state index is 0.0556. The molecule has 3 aromatic heterocycles. The number of alkyl halides is 5. The number of β-amino-alcohol motifs (C(OH)–C–C–N with tert-alkyl or cyclic N) is 1. The van der Waals surface area contributed by atoms with Crippen molar-refractivity contribution in [2.24, 2.45) is 5.41 Å². The lowest BCUT2D eigenvalue weighted by molar-refractivity contribution is -0.268. The largest absolute Gasteiger partial charge is 0.420 e. The molecular formula is C28H26F5N7O4. The fraction of sp³-hybridized carbons (Fsp3) is 0.429. The van der Waals surface area contributed by atoms with Crippen LogP contribution in [0.5, 0.6) is 0 Å². The number of halogens is 5. The molecule has 0 atom stereocenters. The molecule has 2 saturated heterocycles. The number of fused-ring (bicyclic) bond motifs is 1. The Morgan fingerprint density at radius 1 is 1.07 bits per heavy atom. The van der Waals surface area contributed by atoms with Crippen LogP contribution in [0, 0.1) is 12.3 Å². The van der Waals surface area contributed by atoms with Crippen LogP contribution in [0.3, 0.4) is 0 Å². The van der Waals surface area contributed by atoms with E-state index < -0.39 is 42.8 Å². The Morgan fingerprint density at radius 2 is 1.80 bits per heavy atom. The molecular weight excluding hydrogens is 593 g/mol. The van der Waals surface area contributed by atoms with E-state index in [1.165, 1.54) is 6.20 Å². The highest BCUT2D eigenvalue weighted by Crippen LogP contribution is 2.57. The summed E-state index contributed by atoms with van der Waals surface area (Å²) >= 11 is 0. The first-order valence-electron chi connectivity index (χ1n) is 13.7. The molecule has 7 rings (SSSR count). The predicted octanol–water partition coefficient (Wildman–Crippen LogP) is 3.65. The third-order valence-electron chi connectivity index (χ3n) is 8.80. The first kappa shape index (κ1) is 28.5. The number of nitrogens with zero attached hydrogens (tertiary/aromatic N) is 6. The summed E-state index contributed by atoms with van der Waals surface area (Å²) in [5.41, 5.74) is -1.86. The number of hydrogen-bond acceptors (Lipinski definition) is 9. The number of nitrogens with one attached hydrogen (secondary N) is 1. The van der Waals surface area contributed by atoms with Crippen LogP contribution >= 0.6 is 0 Å². The number of pyridine rings is 1. The SMILES string of the molecule is Cc1ccc(-c2noc(N3CC(O)(C(F)(F)F)C3)n2)cc1NC(=O)c1cnn2ccc(N3CC4(C3)CC(O)(C(F)F)C4)cc12. The minimum atomic E-state index is -4.78. The maximum Gasteiger partial charge on any atom is 0.420 e. The molecule has 0 radical (unpaired) electrons. The molecule has 232 valence electrons. The molecule has 1 spiro atoms. The van der Waals surface area contributed by atoms with Gasteiger partial charge >= 0.3 is 12.2 Å². The summed E-state index contributed by atoms with van der Waals surface area (Å²) in [7, 11) is 0. The van der Waals surface area contributed by atoms with Crippen molar-refractivity contribution in [2.45, 2.75) is 43.6 Å². The van der Waals surface area contributed by atoms with Crippen molar-refractivity contribution in [3.8, 4) is 11.4 Å². The van der Waals surface area contributed by atoms with Gasteiger partial charge in [-0.1, -0.05) is 17.3 Å². The molecule has 0 unspecified atom stereocenters. The van der Waals surface area contributed by atoms with Crippen LogP contribution in [0.1, 0.15) is 28.8 Å². The van der Waals surface area contributed by atoms with Crippen LogP contribution in [0.15, 0.2) is 47.2 Å². The minimum Gasteiger partial charge on any atom is -0.384 e. The summed E-state index contributed by atoms with van der Waals surface area (Å²) in [6.45, 7) is 1.38. The van der Waals surface area contributed by atoms with Crippen LogP contribution < -0.4 is 15.1 Å². The van der Waals surface area contributed by atoms with Gasteiger partial charge in [0.15, 0.2) is 5.60 Å². The van der Waals surface area contributed by atoms with Gasteiger partial charge in [0.25, 0.3) is 12.3 Å². The normalized spacial score (nSPS) is 20.0. The third kappa shape index (κ3) is 4.46. The van der Waals surface area contributed by atoms with Gasteiger partial charge in [0, 0.05) is 41.6 Å². The second-order valence-corrected chi connectivity index (χ2v) is 12.2. The smallest absolute Gasteiger partial charge is 0.384 e. The molecule has 1 amide bonds. The quantitative estimate of drug-likeness (QED) is 0.277. The van der Waals surface area contributed by atoms with Crippen molar-refractivity contribution in [3.05, 3.63) is 53.9 Å². The van der Waals surface area contributed by atoms with E-state index in [4.69, 9.17) is 4.52 Å². The van der Waals surface area contributed by atoms with Gasteiger partial charge < -0.3 is 29.9 Å². The molecule has 3 N–H and O–H groups in total. The average Bonchev–Trinajstić information content (AvgIpc) is 3.56. The van der Waals surface area contributed by atoms with E-state index in [0.717, 1.165) is 16.2 Å². The van der Waals surface area contributed by atoms with E-state index in [0.29, 0.717) is 35.4 Å². The van der Waals surface area contributed by atoms with E-state index in [-0.39, 0.29) is 30.1 Å². The van der Waals surface area contributed by atoms with Crippen molar-refractivity contribution < 1.29 is 41.5 Å². The summed E-state index contributed by atoms with van der Waals surface area (Å²) in [4.78, 5) is 20.7. The van der Waals surface area contributed by atoms with Gasteiger partial charge in [-0.3, -0.25) is 4.79 Å². The van der Waals surface area contributed by atoms with Crippen LogP contribution in [-0.4, -0.2) is 85.9 Å². The molecule has 0 bridgehead atoms. The number of carbonyl (C=O) groups excluding carboxylic acids is 1. The summed E-state index contributed by atoms with van der Waals surface area (Å²) < 4.78 is 71.7. The molecule has 1 aliphatic carbocycles. The molecule has 4 aromatic rings.